The summed E-state index contributed by atoms with van der Waals surface area (Å²) < 4.78 is 0. The van der Waals surface area contributed by atoms with Gasteiger partial charge in [0, 0.05) is 18.7 Å². The van der Waals surface area contributed by atoms with Crippen molar-refractivity contribution in [1.82, 2.24) is 4.98 Å². The Morgan fingerprint density at radius 2 is 1.82 bits per heavy atom. The van der Waals surface area contributed by atoms with Crippen molar-refractivity contribution in [2.24, 2.45) is 0 Å². The predicted octanol–water partition coefficient (Wildman–Crippen LogP) is 3.59. The molecular weight excluding hydrogens is 286 g/mol. The molecule has 0 spiro atoms. The zero-order valence-electron chi connectivity index (χ0n) is 12.1. The number of nitro benzene ring substituents is 2. The number of non-ortho nitro benzene ring substituents is 1. The Labute approximate surface area is 125 Å². The lowest BCUT2D eigenvalue weighted by atomic mass is 10.0. The van der Waals surface area contributed by atoms with E-state index >= 15 is 0 Å². The van der Waals surface area contributed by atoms with Crippen LogP contribution in [-0.2, 0) is 6.42 Å². The van der Waals surface area contributed by atoms with E-state index in [1.807, 2.05) is 19.9 Å². The molecule has 112 valence electrons. The SMILES string of the molecule is CC(C)c1cnc2c(c1)Cc1cc([N+](=O)[O-])cc([N+](=O)[O-])c1-2. The summed E-state index contributed by atoms with van der Waals surface area (Å²) in [5.41, 5.74) is 2.95. The number of fused-ring (bicyclic) bond motifs is 3. The Morgan fingerprint density at radius 3 is 2.41 bits per heavy atom. The molecule has 7 nitrogen and oxygen atoms in total. The maximum absolute atomic E-state index is 11.3. The Morgan fingerprint density at radius 1 is 1.09 bits per heavy atom. The molecule has 1 aromatic heterocycles. The van der Waals surface area contributed by atoms with Crippen LogP contribution in [0.3, 0.4) is 0 Å². The molecule has 0 bridgehead atoms. The quantitative estimate of drug-likeness (QED) is 0.543. The molecule has 2 aromatic rings. The van der Waals surface area contributed by atoms with Gasteiger partial charge in [0.25, 0.3) is 11.4 Å². The summed E-state index contributed by atoms with van der Waals surface area (Å²) in [6, 6.07) is 4.38. The van der Waals surface area contributed by atoms with Gasteiger partial charge in [-0.1, -0.05) is 19.9 Å². The topological polar surface area (TPSA) is 99.2 Å². The van der Waals surface area contributed by atoms with Gasteiger partial charge in [0.05, 0.1) is 27.2 Å². The van der Waals surface area contributed by atoms with Crippen molar-refractivity contribution < 1.29 is 9.85 Å². The molecular formula is C15H13N3O4. The maximum atomic E-state index is 11.3. The van der Waals surface area contributed by atoms with Gasteiger partial charge in [-0.05, 0) is 22.6 Å². The van der Waals surface area contributed by atoms with Gasteiger partial charge >= 0.3 is 0 Å². The highest BCUT2D eigenvalue weighted by Gasteiger charge is 2.32. The van der Waals surface area contributed by atoms with Crippen LogP contribution < -0.4 is 0 Å². The maximum Gasteiger partial charge on any atom is 0.285 e. The third-order valence-electron chi connectivity index (χ3n) is 3.86. The number of hydrogen-bond acceptors (Lipinski definition) is 5. The lowest BCUT2D eigenvalue weighted by molar-refractivity contribution is -0.393. The van der Waals surface area contributed by atoms with Gasteiger partial charge in [0.2, 0.25) is 0 Å². The van der Waals surface area contributed by atoms with Gasteiger partial charge in [-0.3, -0.25) is 25.2 Å². The van der Waals surface area contributed by atoms with Crippen LogP contribution in [0, 0.1) is 20.2 Å². The van der Waals surface area contributed by atoms with Crippen molar-refractivity contribution in [1.29, 1.82) is 0 Å². The smallest absolute Gasteiger partial charge is 0.258 e. The van der Waals surface area contributed by atoms with Crippen LogP contribution in [0.1, 0.15) is 36.5 Å². The second kappa shape index (κ2) is 4.87. The zero-order valence-corrected chi connectivity index (χ0v) is 12.1. The summed E-state index contributed by atoms with van der Waals surface area (Å²) in [7, 11) is 0. The van der Waals surface area contributed by atoms with E-state index in [0.717, 1.165) is 17.2 Å². The van der Waals surface area contributed by atoms with Crippen molar-refractivity contribution >= 4 is 11.4 Å². The molecule has 0 fully saturated rings. The third kappa shape index (κ3) is 2.11. The van der Waals surface area contributed by atoms with Crippen molar-refractivity contribution in [3.05, 3.63) is 61.3 Å². The number of aromatic nitrogens is 1. The number of pyridine rings is 1. The molecule has 0 saturated heterocycles. The molecule has 0 unspecified atom stereocenters. The van der Waals surface area contributed by atoms with E-state index in [2.05, 4.69) is 4.98 Å². The van der Waals surface area contributed by atoms with Gasteiger partial charge in [0.15, 0.2) is 0 Å². The van der Waals surface area contributed by atoms with Crippen molar-refractivity contribution in [3.8, 4) is 11.3 Å². The summed E-state index contributed by atoms with van der Waals surface area (Å²) in [6.07, 6.45) is 2.14. The van der Waals surface area contributed by atoms with Crippen LogP contribution in [-0.4, -0.2) is 14.8 Å². The summed E-state index contributed by atoms with van der Waals surface area (Å²) in [6.45, 7) is 4.08. The van der Waals surface area contributed by atoms with E-state index in [4.69, 9.17) is 0 Å². The van der Waals surface area contributed by atoms with Gasteiger partial charge < -0.3 is 0 Å². The van der Waals surface area contributed by atoms with Crippen molar-refractivity contribution in [3.63, 3.8) is 0 Å². The van der Waals surface area contributed by atoms with Crippen LogP contribution in [0.4, 0.5) is 11.4 Å². The van der Waals surface area contributed by atoms with Crippen molar-refractivity contribution in [2.75, 3.05) is 0 Å². The third-order valence-corrected chi connectivity index (χ3v) is 3.86. The molecule has 0 saturated carbocycles. The Bertz CT molecular complexity index is 815. The molecule has 1 aliphatic rings. The number of hydrogen-bond donors (Lipinski definition) is 0. The molecule has 1 aliphatic carbocycles. The van der Waals surface area contributed by atoms with Crippen LogP contribution in [0.5, 0.6) is 0 Å². The Balaban J connectivity index is 2.23. The molecule has 1 aromatic carbocycles. The van der Waals surface area contributed by atoms with Crippen molar-refractivity contribution in [2.45, 2.75) is 26.2 Å². The van der Waals surface area contributed by atoms with Gasteiger partial charge in [-0.25, -0.2) is 0 Å². The second-order valence-electron chi connectivity index (χ2n) is 5.62. The fourth-order valence-corrected chi connectivity index (χ4v) is 2.74. The summed E-state index contributed by atoms with van der Waals surface area (Å²) in [5, 5.41) is 22.2. The second-order valence-corrected chi connectivity index (χ2v) is 5.62. The largest absolute Gasteiger partial charge is 0.285 e. The Hall–Kier alpha value is -2.83. The molecule has 7 heteroatoms. The minimum atomic E-state index is -0.608. The Kier molecular flexibility index (Phi) is 3.13. The summed E-state index contributed by atoms with van der Waals surface area (Å²) in [5.74, 6) is 0.297. The van der Waals surface area contributed by atoms with Crippen LogP contribution in [0.15, 0.2) is 24.4 Å². The average Bonchev–Trinajstić information content (AvgIpc) is 2.82. The van der Waals surface area contributed by atoms with Crippen LogP contribution in [0.25, 0.3) is 11.3 Å². The molecule has 0 amide bonds. The van der Waals surface area contributed by atoms with Crippen LogP contribution >= 0.6 is 0 Å². The minimum absolute atomic E-state index is 0.257. The zero-order chi connectivity index (χ0) is 16.0. The number of nitro groups is 2. The standard InChI is InChI=1S/C15H13N3O4/c1-8(2)11-4-10-3-9-5-12(17(19)20)6-13(18(21)22)14(9)15(10)16-7-11/h4-8H,3H2,1-2H3. The number of nitrogens with zero attached hydrogens (tertiary/aromatic N) is 3. The average molecular weight is 299 g/mol. The normalized spacial score (nSPS) is 12.1. The van der Waals surface area contributed by atoms with E-state index in [9.17, 15) is 20.2 Å². The highest BCUT2D eigenvalue weighted by Crippen LogP contribution is 2.43. The molecule has 0 atom stereocenters. The molecule has 3 rings (SSSR count). The molecule has 22 heavy (non-hydrogen) atoms. The number of benzene rings is 1. The monoisotopic (exact) mass is 299 g/mol. The first kappa shape index (κ1) is 14.1. The first-order chi connectivity index (χ1) is 10.4. The van der Waals surface area contributed by atoms with Gasteiger partial charge in [0.1, 0.15) is 0 Å². The summed E-state index contributed by atoms with van der Waals surface area (Å²) in [4.78, 5) is 25.4. The first-order valence-electron chi connectivity index (χ1n) is 6.83. The van der Waals surface area contributed by atoms with E-state index in [1.54, 1.807) is 6.20 Å². The highest BCUT2D eigenvalue weighted by atomic mass is 16.6. The van der Waals surface area contributed by atoms with E-state index in [-0.39, 0.29) is 11.4 Å². The highest BCUT2D eigenvalue weighted by molar-refractivity contribution is 5.83. The van der Waals surface area contributed by atoms with E-state index in [1.165, 1.54) is 6.07 Å². The molecule has 0 aliphatic heterocycles. The predicted molar refractivity (Wildman–Crippen MR) is 79.9 cm³/mol. The summed E-state index contributed by atoms with van der Waals surface area (Å²) >= 11 is 0. The lowest BCUT2D eigenvalue weighted by Crippen LogP contribution is -1.97. The lowest BCUT2D eigenvalue weighted by Gasteiger charge is -2.07. The van der Waals surface area contributed by atoms with Gasteiger partial charge in [-0.15, -0.1) is 0 Å². The van der Waals surface area contributed by atoms with Gasteiger partial charge in [-0.2, -0.15) is 0 Å². The molecule has 1 heterocycles. The fraction of sp³-hybridized carbons (Fsp3) is 0.267. The first-order valence-corrected chi connectivity index (χ1v) is 6.83. The van der Waals surface area contributed by atoms with Crippen LogP contribution in [0.2, 0.25) is 0 Å². The minimum Gasteiger partial charge on any atom is -0.258 e. The molecule has 0 N–H and O–H groups in total. The van der Waals surface area contributed by atoms with E-state index < -0.39 is 9.85 Å². The number of rotatable bonds is 3. The molecule has 0 radical (unpaired) electrons. The van der Waals surface area contributed by atoms with E-state index in [0.29, 0.717) is 29.2 Å². The fourth-order valence-electron chi connectivity index (χ4n) is 2.74.